The molecule has 1 saturated heterocycles. The molecule has 1 heterocycles. The Balaban J connectivity index is 2.21. The molecule has 1 fully saturated rings. The van der Waals surface area contributed by atoms with Crippen LogP contribution in [0.15, 0.2) is 22.7 Å². The Labute approximate surface area is 127 Å². The lowest BCUT2D eigenvalue weighted by atomic mass is 9.89. The maximum Gasteiger partial charge on any atom is 0.195 e. The van der Waals surface area contributed by atoms with Crippen molar-refractivity contribution < 1.29 is 14.6 Å². The van der Waals surface area contributed by atoms with E-state index in [1.54, 1.807) is 12.1 Å². The second kappa shape index (κ2) is 7.20. The average molecular weight is 342 g/mol. The Hall–Kier alpha value is -0.910. The van der Waals surface area contributed by atoms with Crippen LogP contribution in [0.25, 0.3) is 0 Å². The smallest absolute Gasteiger partial charge is 0.195 e. The van der Waals surface area contributed by atoms with Gasteiger partial charge in [0.1, 0.15) is 11.9 Å². The van der Waals surface area contributed by atoms with E-state index in [0.29, 0.717) is 24.5 Å². The van der Waals surface area contributed by atoms with Crippen molar-refractivity contribution in [2.45, 2.75) is 25.9 Å². The topological polar surface area (TPSA) is 58.6 Å². The quantitative estimate of drug-likeness (QED) is 0.807. The number of ketones is 1. The third-order valence-corrected chi connectivity index (χ3v) is 4.20. The number of benzene rings is 1. The normalized spacial score (nSPS) is 20.4. The van der Waals surface area contributed by atoms with Crippen molar-refractivity contribution in [3.8, 4) is 5.75 Å². The molecule has 0 spiro atoms. The van der Waals surface area contributed by atoms with Crippen LogP contribution in [0.2, 0.25) is 0 Å². The van der Waals surface area contributed by atoms with Gasteiger partial charge < -0.3 is 15.2 Å². The summed E-state index contributed by atoms with van der Waals surface area (Å²) in [6.07, 6.45) is 0.889. The van der Waals surface area contributed by atoms with Gasteiger partial charge in [-0.2, -0.15) is 0 Å². The highest BCUT2D eigenvalue weighted by Gasteiger charge is 2.30. The van der Waals surface area contributed by atoms with Gasteiger partial charge >= 0.3 is 0 Å². The molecule has 5 heteroatoms. The maximum atomic E-state index is 12.5. The van der Waals surface area contributed by atoms with E-state index in [1.807, 2.05) is 13.0 Å². The fourth-order valence-electron chi connectivity index (χ4n) is 2.52. The Morgan fingerprint density at radius 1 is 1.60 bits per heavy atom. The summed E-state index contributed by atoms with van der Waals surface area (Å²) in [6.45, 7) is 3.99. The number of halogens is 1. The number of hydrogen-bond acceptors (Lipinski definition) is 4. The molecule has 1 aromatic rings. The van der Waals surface area contributed by atoms with E-state index < -0.39 is 6.10 Å². The SMILES string of the molecule is CCOc1c(Br)cccc1C(=O)[C@H](O)C1CCCNC1. The summed E-state index contributed by atoms with van der Waals surface area (Å²) in [6, 6.07) is 5.32. The number of para-hydroxylation sites is 1. The number of piperidine rings is 1. The van der Waals surface area contributed by atoms with Crippen LogP contribution in [0.1, 0.15) is 30.1 Å². The molecule has 0 radical (unpaired) electrons. The zero-order valence-corrected chi connectivity index (χ0v) is 13.1. The second-order valence-electron chi connectivity index (χ2n) is 4.97. The second-order valence-corrected chi connectivity index (χ2v) is 5.82. The lowest BCUT2D eigenvalue weighted by Crippen LogP contribution is -2.40. The van der Waals surface area contributed by atoms with Crippen LogP contribution in [-0.2, 0) is 0 Å². The van der Waals surface area contributed by atoms with E-state index in [-0.39, 0.29) is 11.7 Å². The van der Waals surface area contributed by atoms with Crippen LogP contribution < -0.4 is 10.1 Å². The number of carbonyl (C=O) groups is 1. The van der Waals surface area contributed by atoms with Gasteiger partial charge in [-0.05, 0) is 54.4 Å². The first kappa shape index (κ1) is 15.5. The van der Waals surface area contributed by atoms with E-state index in [1.165, 1.54) is 0 Å². The number of aliphatic hydroxyl groups is 1. The summed E-state index contributed by atoms with van der Waals surface area (Å²) in [5.74, 6) is 0.232. The van der Waals surface area contributed by atoms with Gasteiger partial charge in [0.2, 0.25) is 0 Å². The van der Waals surface area contributed by atoms with Gasteiger partial charge in [0.25, 0.3) is 0 Å². The molecule has 1 aromatic carbocycles. The first-order valence-electron chi connectivity index (χ1n) is 6.99. The van der Waals surface area contributed by atoms with Gasteiger partial charge in [-0.3, -0.25) is 4.79 Å². The zero-order chi connectivity index (χ0) is 14.5. The minimum atomic E-state index is -0.976. The number of carbonyl (C=O) groups excluding carboxylic acids is 1. The van der Waals surface area contributed by atoms with Gasteiger partial charge in [-0.1, -0.05) is 6.07 Å². The van der Waals surface area contributed by atoms with Crippen molar-refractivity contribution in [3.63, 3.8) is 0 Å². The fraction of sp³-hybridized carbons (Fsp3) is 0.533. The van der Waals surface area contributed by atoms with Crippen molar-refractivity contribution in [3.05, 3.63) is 28.2 Å². The monoisotopic (exact) mass is 341 g/mol. The lowest BCUT2D eigenvalue weighted by molar-refractivity contribution is 0.0555. The molecule has 0 bridgehead atoms. The van der Waals surface area contributed by atoms with Crippen LogP contribution >= 0.6 is 15.9 Å². The lowest BCUT2D eigenvalue weighted by Gasteiger charge is -2.27. The molecule has 20 heavy (non-hydrogen) atoms. The first-order valence-corrected chi connectivity index (χ1v) is 7.78. The summed E-state index contributed by atoms with van der Waals surface area (Å²) >= 11 is 3.39. The molecule has 2 atom stereocenters. The van der Waals surface area contributed by atoms with E-state index in [0.717, 1.165) is 23.9 Å². The molecular weight excluding hydrogens is 322 g/mol. The molecule has 110 valence electrons. The maximum absolute atomic E-state index is 12.5. The van der Waals surface area contributed by atoms with E-state index in [4.69, 9.17) is 4.74 Å². The van der Waals surface area contributed by atoms with Gasteiger partial charge in [0.05, 0.1) is 16.6 Å². The van der Waals surface area contributed by atoms with Crippen molar-refractivity contribution in [1.29, 1.82) is 0 Å². The molecule has 0 aromatic heterocycles. The van der Waals surface area contributed by atoms with Crippen LogP contribution in [0.4, 0.5) is 0 Å². The number of hydrogen-bond donors (Lipinski definition) is 2. The van der Waals surface area contributed by atoms with Gasteiger partial charge in [0.15, 0.2) is 5.78 Å². The average Bonchev–Trinajstić information content (AvgIpc) is 2.49. The summed E-state index contributed by atoms with van der Waals surface area (Å²) < 4.78 is 6.27. The van der Waals surface area contributed by atoms with E-state index >= 15 is 0 Å². The summed E-state index contributed by atoms with van der Waals surface area (Å²) in [5, 5.41) is 13.5. The Bertz CT molecular complexity index is 472. The fourth-order valence-corrected chi connectivity index (χ4v) is 3.00. The molecule has 1 aliphatic heterocycles. The predicted octanol–water partition coefficient (Wildman–Crippen LogP) is 2.39. The highest BCUT2D eigenvalue weighted by molar-refractivity contribution is 9.10. The Kier molecular flexibility index (Phi) is 5.57. The standard InChI is InChI=1S/C15H20BrNO3/c1-2-20-15-11(6-3-7-12(15)16)14(19)13(18)10-5-4-8-17-9-10/h3,6-7,10,13,17-18H,2,4-5,8-9H2,1H3/t10?,13-/m1/s1. The number of Topliss-reactive ketones (excluding diaryl/α,β-unsaturated/α-hetero) is 1. The summed E-state index contributed by atoms with van der Waals surface area (Å²) in [4.78, 5) is 12.5. The molecule has 0 aliphatic carbocycles. The van der Waals surface area contributed by atoms with Crippen LogP contribution in [-0.4, -0.2) is 36.7 Å². The molecule has 1 aliphatic rings. The zero-order valence-electron chi connectivity index (χ0n) is 11.6. The molecule has 0 saturated carbocycles. The third kappa shape index (κ3) is 3.40. The van der Waals surface area contributed by atoms with Gasteiger partial charge in [-0.25, -0.2) is 0 Å². The number of ether oxygens (including phenoxy) is 1. The van der Waals surface area contributed by atoms with Gasteiger partial charge in [0, 0.05) is 12.5 Å². The van der Waals surface area contributed by atoms with E-state index in [9.17, 15) is 9.90 Å². The molecule has 1 unspecified atom stereocenters. The Morgan fingerprint density at radius 3 is 3.05 bits per heavy atom. The first-order chi connectivity index (χ1) is 9.65. The molecular formula is C15H20BrNO3. The minimum Gasteiger partial charge on any atom is -0.492 e. The molecule has 2 rings (SSSR count). The highest BCUT2D eigenvalue weighted by Crippen LogP contribution is 2.31. The van der Waals surface area contributed by atoms with Crippen molar-refractivity contribution in [2.24, 2.45) is 5.92 Å². The summed E-state index contributed by atoms with van der Waals surface area (Å²) in [7, 11) is 0. The molecule has 0 amide bonds. The van der Waals surface area contributed by atoms with Crippen LogP contribution in [0.5, 0.6) is 5.75 Å². The van der Waals surface area contributed by atoms with Crippen LogP contribution in [0.3, 0.4) is 0 Å². The van der Waals surface area contributed by atoms with E-state index in [2.05, 4.69) is 21.2 Å². The van der Waals surface area contributed by atoms with Crippen molar-refractivity contribution >= 4 is 21.7 Å². The Morgan fingerprint density at radius 2 is 2.40 bits per heavy atom. The van der Waals surface area contributed by atoms with Crippen molar-refractivity contribution in [2.75, 3.05) is 19.7 Å². The summed E-state index contributed by atoms with van der Waals surface area (Å²) in [5.41, 5.74) is 0.444. The van der Waals surface area contributed by atoms with Crippen molar-refractivity contribution in [1.82, 2.24) is 5.32 Å². The number of nitrogens with one attached hydrogen (secondary N) is 1. The molecule has 2 N–H and O–H groups in total. The number of rotatable bonds is 5. The van der Waals surface area contributed by atoms with Crippen LogP contribution in [0, 0.1) is 5.92 Å². The minimum absolute atomic E-state index is 0.0234. The molecule has 4 nitrogen and oxygen atoms in total. The highest BCUT2D eigenvalue weighted by atomic mass is 79.9. The largest absolute Gasteiger partial charge is 0.492 e. The third-order valence-electron chi connectivity index (χ3n) is 3.57. The predicted molar refractivity (Wildman–Crippen MR) is 81.2 cm³/mol. The van der Waals surface area contributed by atoms with Gasteiger partial charge in [-0.15, -0.1) is 0 Å². The number of aliphatic hydroxyl groups excluding tert-OH is 1.